The van der Waals surface area contributed by atoms with Crippen LogP contribution in [0.1, 0.15) is 39.2 Å². The summed E-state index contributed by atoms with van der Waals surface area (Å²) in [4.78, 5) is 18.4. The molecule has 1 fully saturated rings. The van der Waals surface area contributed by atoms with Gasteiger partial charge in [0.2, 0.25) is 5.91 Å². The van der Waals surface area contributed by atoms with Crippen molar-refractivity contribution in [2.24, 2.45) is 10.7 Å². The molecule has 0 bridgehead atoms. The highest BCUT2D eigenvalue weighted by molar-refractivity contribution is 6.28. The summed E-state index contributed by atoms with van der Waals surface area (Å²) in [6.45, 7) is 14.4. The van der Waals surface area contributed by atoms with E-state index in [9.17, 15) is 4.79 Å². The van der Waals surface area contributed by atoms with E-state index in [2.05, 4.69) is 23.5 Å². The molecular formula is C25H37N5O2. The first-order chi connectivity index (χ1) is 15.3. The van der Waals surface area contributed by atoms with Gasteiger partial charge in [0, 0.05) is 36.9 Å². The number of nitrogens with two attached hydrogens (primary N) is 1. The second-order valence-corrected chi connectivity index (χ2v) is 7.36. The molecule has 1 aliphatic rings. The maximum absolute atomic E-state index is 12.0. The van der Waals surface area contributed by atoms with Crippen molar-refractivity contribution >= 4 is 17.5 Å². The fraction of sp³-hybridized carbons (Fsp3) is 0.400. The predicted molar refractivity (Wildman–Crippen MR) is 133 cm³/mol. The summed E-state index contributed by atoms with van der Waals surface area (Å²) in [5, 5.41) is 12.2. The molecule has 0 aromatic heterocycles. The molecule has 1 aromatic carbocycles. The molecule has 4 N–H and O–H groups in total. The Labute approximate surface area is 192 Å². The molecule has 1 atom stereocenters. The van der Waals surface area contributed by atoms with Gasteiger partial charge < -0.3 is 20.7 Å². The van der Waals surface area contributed by atoms with E-state index in [1.165, 1.54) is 6.08 Å². The van der Waals surface area contributed by atoms with Crippen molar-refractivity contribution in [3.63, 3.8) is 0 Å². The lowest BCUT2D eigenvalue weighted by atomic mass is 9.98. The van der Waals surface area contributed by atoms with Crippen LogP contribution in [-0.4, -0.2) is 55.1 Å². The van der Waals surface area contributed by atoms with Crippen LogP contribution in [0.2, 0.25) is 0 Å². The molecule has 0 radical (unpaired) electrons. The number of nitrogens with zero attached hydrogens (tertiary/aromatic N) is 2. The molecule has 1 aliphatic heterocycles. The molecule has 2 rings (SSSR count). The highest BCUT2D eigenvalue weighted by Crippen LogP contribution is 2.18. The number of aliphatic imine (C=N–C) groups is 1. The number of methoxy groups -OCH3 is 1. The lowest BCUT2D eigenvalue weighted by Crippen LogP contribution is -2.50. The van der Waals surface area contributed by atoms with Crippen LogP contribution in [0.4, 0.5) is 0 Å². The van der Waals surface area contributed by atoms with Gasteiger partial charge in [-0.2, -0.15) is 0 Å². The van der Waals surface area contributed by atoms with Crippen molar-refractivity contribution in [2.45, 2.75) is 39.7 Å². The Morgan fingerprint density at radius 2 is 2.00 bits per heavy atom. The van der Waals surface area contributed by atoms with Crippen LogP contribution < -0.4 is 15.8 Å². The number of amidine groups is 1. The summed E-state index contributed by atoms with van der Waals surface area (Å²) >= 11 is 0. The summed E-state index contributed by atoms with van der Waals surface area (Å²) in [7, 11) is 1.61. The van der Waals surface area contributed by atoms with Gasteiger partial charge in [0.1, 0.15) is 11.6 Å². The third kappa shape index (κ3) is 7.72. The number of piperidine rings is 1. The molecule has 1 unspecified atom stereocenters. The number of hydrogen-bond donors (Lipinski definition) is 3. The van der Waals surface area contributed by atoms with Crippen LogP contribution in [0.25, 0.3) is 0 Å². The van der Waals surface area contributed by atoms with Gasteiger partial charge in [0.05, 0.1) is 18.4 Å². The Bertz CT molecular complexity index is 852. The average Bonchev–Trinajstić information content (AvgIpc) is 2.79. The van der Waals surface area contributed by atoms with Crippen LogP contribution in [0.5, 0.6) is 5.75 Å². The monoisotopic (exact) mass is 439 g/mol. The van der Waals surface area contributed by atoms with Gasteiger partial charge in [-0.25, -0.2) is 0 Å². The van der Waals surface area contributed by atoms with Gasteiger partial charge in [-0.05, 0) is 64.0 Å². The summed E-state index contributed by atoms with van der Waals surface area (Å²) in [6.07, 6.45) is 4.90. The second-order valence-electron chi connectivity index (χ2n) is 7.36. The number of carbonyl (C=O) groups is 1. The van der Waals surface area contributed by atoms with Gasteiger partial charge in [0.15, 0.2) is 0 Å². The molecule has 7 heteroatoms. The number of allylic oxidation sites excluding steroid dienone is 2. The van der Waals surface area contributed by atoms with E-state index >= 15 is 0 Å². The van der Waals surface area contributed by atoms with Crippen LogP contribution in [0.15, 0.2) is 65.8 Å². The maximum Gasteiger partial charge on any atom is 0.246 e. The van der Waals surface area contributed by atoms with Gasteiger partial charge >= 0.3 is 0 Å². The van der Waals surface area contributed by atoms with E-state index in [0.29, 0.717) is 35.9 Å². The Balaban J connectivity index is 0.00000161. The smallest absolute Gasteiger partial charge is 0.246 e. The van der Waals surface area contributed by atoms with E-state index in [0.717, 1.165) is 30.7 Å². The molecule has 1 heterocycles. The first-order valence-corrected chi connectivity index (χ1v) is 10.8. The largest absolute Gasteiger partial charge is 0.497 e. The molecule has 1 aromatic rings. The Morgan fingerprint density at radius 3 is 2.50 bits per heavy atom. The quantitative estimate of drug-likeness (QED) is 0.261. The standard InChI is InChI=1S/C22H31N5O2.C3H6/c1-5-19(28)27-13-7-8-17(14-27)26-22(25-6-2)20(15(3)23)21(24)16-9-11-18(29-4)12-10-16;1-3-2/h5,9-12,17,24H,1,6-8,13-14,23H2,2-4H3,(H,25,26);3H,1H2,2H3/b20-15+,24-21?;. The lowest BCUT2D eigenvalue weighted by Gasteiger charge is -2.33. The Hall–Kier alpha value is -3.35. The highest BCUT2D eigenvalue weighted by Gasteiger charge is 2.25. The predicted octanol–water partition coefficient (Wildman–Crippen LogP) is 3.67. The van der Waals surface area contributed by atoms with Gasteiger partial charge in [-0.15, -0.1) is 6.58 Å². The summed E-state index contributed by atoms with van der Waals surface area (Å²) in [6, 6.07) is 7.34. The number of hydrogen-bond acceptors (Lipinski definition) is 5. The van der Waals surface area contributed by atoms with E-state index in [1.54, 1.807) is 25.0 Å². The molecule has 0 aliphatic carbocycles. The first kappa shape index (κ1) is 26.7. The van der Waals surface area contributed by atoms with E-state index in [-0.39, 0.29) is 11.9 Å². The summed E-state index contributed by atoms with van der Waals surface area (Å²) < 4.78 is 5.20. The second kappa shape index (κ2) is 13.9. The molecule has 174 valence electrons. The molecule has 32 heavy (non-hydrogen) atoms. The highest BCUT2D eigenvalue weighted by atomic mass is 16.5. The SMILES string of the molecule is C=CC.C=CC(=O)N1CCCC(NC(=NCC)/C(C(=N)c2ccc(OC)cc2)=C(\C)N)C1. The Kier molecular flexibility index (Phi) is 11.6. The number of amides is 1. The molecule has 0 spiro atoms. The zero-order valence-corrected chi connectivity index (χ0v) is 19.8. The van der Waals surface area contributed by atoms with Crippen LogP contribution in [0, 0.1) is 5.41 Å². The number of rotatable bonds is 7. The van der Waals surface area contributed by atoms with Crippen molar-refractivity contribution in [2.75, 3.05) is 26.7 Å². The molecule has 1 saturated heterocycles. The van der Waals surface area contributed by atoms with E-state index < -0.39 is 0 Å². The summed E-state index contributed by atoms with van der Waals surface area (Å²) in [5.41, 5.74) is 8.29. The minimum Gasteiger partial charge on any atom is -0.497 e. The number of benzene rings is 1. The Morgan fingerprint density at radius 1 is 1.38 bits per heavy atom. The van der Waals surface area contributed by atoms with Crippen LogP contribution >= 0.6 is 0 Å². The van der Waals surface area contributed by atoms with Crippen molar-refractivity contribution < 1.29 is 9.53 Å². The van der Waals surface area contributed by atoms with Gasteiger partial charge in [-0.1, -0.05) is 12.7 Å². The molecule has 0 saturated carbocycles. The minimum atomic E-state index is -0.0674. The van der Waals surface area contributed by atoms with Crippen molar-refractivity contribution in [3.05, 3.63) is 66.4 Å². The number of nitrogens with one attached hydrogen (secondary N) is 2. The molecule has 1 amide bonds. The minimum absolute atomic E-state index is 0.0379. The zero-order valence-electron chi connectivity index (χ0n) is 19.8. The van der Waals surface area contributed by atoms with Gasteiger partial charge in [-0.3, -0.25) is 15.2 Å². The number of ether oxygens (including phenoxy) is 1. The maximum atomic E-state index is 12.0. The third-order valence-corrected chi connectivity index (χ3v) is 4.82. The number of likely N-dealkylation sites (tertiary alicyclic amines) is 1. The lowest BCUT2D eigenvalue weighted by molar-refractivity contribution is -0.127. The fourth-order valence-corrected chi connectivity index (χ4v) is 3.38. The normalized spacial score (nSPS) is 16.7. The van der Waals surface area contributed by atoms with E-state index in [4.69, 9.17) is 15.9 Å². The van der Waals surface area contributed by atoms with Crippen molar-refractivity contribution in [3.8, 4) is 5.75 Å². The first-order valence-electron chi connectivity index (χ1n) is 10.8. The molecule has 7 nitrogen and oxygen atoms in total. The van der Waals surface area contributed by atoms with Crippen molar-refractivity contribution in [1.82, 2.24) is 10.2 Å². The zero-order chi connectivity index (χ0) is 24.1. The van der Waals surface area contributed by atoms with Crippen molar-refractivity contribution in [1.29, 1.82) is 5.41 Å². The number of carbonyl (C=O) groups excluding carboxylic acids is 1. The van der Waals surface area contributed by atoms with Gasteiger partial charge in [0.25, 0.3) is 0 Å². The van der Waals surface area contributed by atoms with Crippen LogP contribution in [0.3, 0.4) is 0 Å². The fourth-order valence-electron chi connectivity index (χ4n) is 3.38. The molecular weight excluding hydrogens is 402 g/mol. The third-order valence-electron chi connectivity index (χ3n) is 4.82. The average molecular weight is 440 g/mol. The van der Waals surface area contributed by atoms with E-state index in [1.807, 2.05) is 38.1 Å². The summed E-state index contributed by atoms with van der Waals surface area (Å²) in [5.74, 6) is 1.25. The topological polar surface area (TPSA) is 104 Å². The van der Waals surface area contributed by atoms with Crippen LogP contribution in [-0.2, 0) is 4.79 Å².